The monoisotopic (exact) mass is 404 g/mol. The Bertz CT molecular complexity index is 743. The Labute approximate surface area is 171 Å². The maximum atomic E-state index is 12.9. The minimum atomic E-state index is -3.11. The van der Waals surface area contributed by atoms with Crippen LogP contribution < -0.4 is 0 Å². The van der Waals surface area contributed by atoms with Crippen molar-refractivity contribution < 1.29 is 13.2 Å². The predicted octanol–water partition coefficient (Wildman–Crippen LogP) is 5.97. The second-order valence-corrected chi connectivity index (χ2v) is 11.8. The van der Waals surface area contributed by atoms with E-state index in [1.807, 2.05) is 24.3 Å². The minimum absolute atomic E-state index is 0.0471. The maximum Gasteiger partial charge on any atom is 0.163 e. The fourth-order valence-electron chi connectivity index (χ4n) is 5.21. The number of hydrogen-bond acceptors (Lipinski definition) is 3. The van der Waals surface area contributed by atoms with Gasteiger partial charge in [-0.15, -0.1) is 0 Å². The molecule has 0 N–H and O–H groups in total. The van der Waals surface area contributed by atoms with Gasteiger partial charge in [0.1, 0.15) is 0 Å². The summed E-state index contributed by atoms with van der Waals surface area (Å²) in [6.45, 7) is 3.42. The molecular weight excluding hydrogens is 368 g/mol. The average molecular weight is 405 g/mol. The molecule has 3 rings (SSSR count). The van der Waals surface area contributed by atoms with Crippen LogP contribution in [0.15, 0.2) is 24.3 Å². The Morgan fingerprint density at radius 1 is 0.929 bits per heavy atom. The Hall–Kier alpha value is -1.16. The van der Waals surface area contributed by atoms with E-state index in [-0.39, 0.29) is 16.8 Å². The van der Waals surface area contributed by atoms with Gasteiger partial charge in [0.05, 0.1) is 11.0 Å². The van der Waals surface area contributed by atoms with E-state index in [4.69, 9.17) is 0 Å². The molecular formula is C24H36O3S. The van der Waals surface area contributed by atoms with Gasteiger partial charge in [0.25, 0.3) is 0 Å². The van der Waals surface area contributed by atoms with Crippen LogP contribution in [-0.4, -0.2) is 19.5 Å². The highest BCUT2D eigenvalue weighted by atomic mass is 32.2. The molecule has 156 valence electrons. The number of Topliss-reactive ketones (excluding diaryl/α,β-unsaturated/α-hetero) is 1. The molecule has 2 atom stereocenters. The van der Waals surface area contributed by atoms with E-state index < -0.39 is 9.84 Å². The predicted molar refractivity (Wildman–Crippen MR) is 115 cm³/mol. The molecule has 28 heavy (non-hydrogen) atoms. The Balaban J connectivity index is 1.63. The minimum Gasteiger partial charge on any atom is -0.294 e. The smallest absolute Gasteiger partial charge is 0.163 e. The third kappa shape index (κ3) is 5.46. The number of carbonyl (C=O) groups is 1. The number of hydrogen-bond donors (Lipinski definition) is 0. The largest absolute Gasteiger partial charge is 0.294 e. The molecule has 0 saturated heterocycles. The van der Waals surface area contributed by atoms with Crippen LogP contribution in [0.1, 0.15) is 94.0 Å². The van der Waals surface area contributed by atoms with Crippen molar-refractivity contribution in [1.82, 2.24) is 0 Å². The molecule has 2 unspecified atom stereocenters. The van der Waals surface area contributed by atoms with Crippen LogP contribution in [0.4, 0.5) is 0 Å². The van der Waals surface area contributed by atoms with Gasteiger partial charge in [-0.1, -0.05) is 69.2 Å². The van der Waals surface area contributed by atoms with Crippen LogP contribution in [-0.2, 0) is 15.6 Å². The summed E-state index contributed by atoms with van der Waals surface area (Å²) in [6, 6.07) is 7.28. The molecule has 0 bridgehead atoms. The number of benzene rings is 1. The van der Waals surface area contributed by atoms with Crippen molar-refractivity contribution in [3.05, 3.63) is 35.4 Å². The van der Waals surface area contributed by atoms with E-state index in [0.29, 0.717) is 12.3 Å². The lowest BCUT2D eigenvalue weighted by molar-refractivity contribution is 0.0840. The first kappa shape index (κ1) is 21.5. The molecule has 0 spiro atoms. The topological polar surface area (TPSA) is 51.2 Å². The third-order valence-electron chi connectivity index (χ3n) is 7.03. The van der Waals surface area contributed by atoms with Crippen molar-refractivity contribution in [2.45, 2.75) is 89.1 Å². The molecule has 1 aromatic carbocycles. The molecule has 2 fully saturated rings. The molecule has 0 amide bonds. The van der Waals surface area contributed by atoms with Crippen molar-refractivity contribution in [3.63, 3.8) is 0 Å². The van der Waals surface area contributed by atoms with Crippen LogP contribution in [0.25, 0.3) is 0 Å². The molecule has 0 radical (unpaired) electrons. The normalized spacial score (nSPS) is 24.4. The van der Waals surface area contributed by atoms with Crippen molar-refractivity contribution in [3.8, 4) is 0 Å². The van der Waals surface area contributed by atoms with E-state index >= 15 is 0 Å². The summed E-state index contributed by atoms with van der Waals surface area (Å²) in [5.41, 5.74) is 1.50. The van der Waals surface area contributed by atoms with Crippen LogP contribution in [0, 0.1) is 17.8 Å². The number of ketones is 1. The van der Waals surface area contributed by atoms with E-state index in [0.717, 1.165) is 23.0 Å². The highest BCUT2D eigenvalue weighted by Crippen LogP contribution is 2.43. The highest BCUT2D eigenvalue weighted by molar-refractivity contribution is 7.91. The van der Waals surface area contributed by atoms with Crippen molar-refractivity contribution in [1.29, 1.82) is 0 Å². The molecule has 2 aliphatic rings. The average Bonchev–Trinajstić information content (AvgIpc) is 2.69. The molecule has 0 heterocycles. The lowest BCUT2D eigenvalue weighted by Gasteiger charge is -2.39. The fourth-order valence-corrected chi connectivity index (χ4v) is 6.20. The van der Waals surface area contributed by atoms with Gasteiger partial charge < -0.3 is 0 Å². The first-order valence-corrected chi connectivity index (χ1v) is 12.9. The standard InChI is InChI=1S/C24H36O3S/c1-18(2)28(26,27)17-19-12-14-21(15-13-19)24(25)16-22-10-6-7-11-23(22)20-8-4-3-5-9-20/h12-15,18,20,22-23H,3-11,16-17H2,1-2H3. The second-order valence-electron chi connectivity index (χ2n) is 9.29. The van der Waals surface area contributed by atoms with Crippen molar-refractivity contribution in [2.75, 3.05) is 0 Å². The molecule has 2 aliphatic carbocycles. The van der Waals surface area contributed by atoms with Crippen LogP contribution in [0.3, 0.4) is 0 Å². The molecule has 2 saturated carbocycles. The van der Waals surface area contributed by atoms with Gasteiger partial charge in [-0.25, -0.2) is 8.42 Å². The van der Waals surface area contributed by atoms with Gasteiger partial charge in [0.15, 0.2) is 15.6 Å². The lowest BCUT2D eigenvalue weighted by Crippen LogP contribution is -2.30. The fraction of sp³-hybridized carbons (Fsp3) is 0.708. The van der Waals surface area contributed by atoms with E-state index in [1.54, 1.807) is 13.8 Å². The van der Waals surface area contributed by atoms with Gasteiger partial charge in [-0.2, -0.15) is 0 Å². The van der Waals surface area contributed by atoms with E-state index in [1.165, 1.54) is 57.8 Å². The number of rotatable bonds is 7. The van der Waals surface area contributed by atoms with Crippen LogP contribution >= 0.6 is 0 Å². The molecule has 4 heteroatoms. The molecule has 3 nitrogen and oxygen atoms in total. The Kier molecular flexibility index (Phi) is 7.36. The third-order valence-corrected chi connectivity index (χ3v) is 9.20. The first-order chi connectivity index (χ1) is 13.4. The zero-order chi connectivity index (χ0) is 20.1. The van der Waals surface area contributed by atoms with E-state index in [9.17, 15) is 13.2 Å². The van der Waals surface area contributed by atoms with Gasteiger partial charge in [0, 0.05) is 12.0 Å². The van der Waals surface area contributed by atoms with Gasteiger partial charge >= 0.3 is 0 Å². The second kappa shape index (κ2) is 9.56. The number of sulfone groups is 1. The van der Waals surface area contributed by atoms with Crippen molar-refractivity contribution in [2.24, 2.45) is 17.8 Å². The molecule has 0 aliphatic heterocycles. The summed E-state index contributed by atoms with van der Waals surface area (Å²) in [5.74, 6) is 2.37. The summed E-state index contributed by atoms with van der Waals surface area (Å²) in [5, 5.41) is -0.378. The van der Waals surface area contributed by atoms with Gasteiger partial charge in [-0.3, -0.25) is 4.79 Å². The highest BCUT2D eigenvalue weighted by Gasteiger charge is 2.33. The SMILES string of the molecule is CC(C)S(=O)(=O)Cc1ccc(C(=O)CC2CCCCC2C2CCCCC2)cc1. The summed E-state index contributed by atoms with van der Waals surface area (Å²) < 4.78 is 24.2. The molecule has 1 aromatic rings. The zero-order valence-electron chi connectivity index (χ0n) is 17.5. The quantitative estimate of drug-likeness (QED) is 0.526. The summed E-state index contributed by atoms with van der Waals surface area (Å²) in [6.07, 6.45) is 12.6. The van der Waals surface area contributed by atoms with Crippen LogP contribution in [0.2, 0.25) is 0 Å². The number of carbonyl (C=O) groups excluding carboxylic acids is 1. The molecule has 0 aromatic heterocycles. The Morgan fingerprint density at radius 2 is 1.54 bits per heavy atom. The first-order valence-electron chi connectivity index (χ1n) is 11.2. The van der Waals surface area contributed by atoms with Crippen LogP contribution in [0.5, 0.6) is 0 Å². The maximum absolute atomic E-state index is 12.9. The summed E-state index contributed by atoms with van der Waals surface area (Å²) >= 11 is 0. The van der Waals surface area contributed by atoms with Gasteiger partial charge in [0.2, 0.25) is 0 Å². The van der Waals surface area contributed by atoms with Gasteiger partial charge in [-0.05, 0) is 50.0 Å². The van der Waals surface area contributed by atoms with E-state index in [2.05, 4.69) is 0 Å². The summed E-state index contributed by atoms with van der Waals surface area (Å²) in [4.78, 5) is 12.9. The van der Waals surface area contributed by atoms with Crippen molar-refractivity contribution >= 4 is 15.6 Å². The zero-order valence-corrected chi connectivity index (χ0v) is 18.3. The lowest BCUT2D eigenvalue weighted by atomic mass is 9.66. The Morgan fingerprint density at radius 3 is 2.18 bits per heavy atom. The summed E-state index contributed by atoms with van der Waals surface area (Å²) in [7, 11) is -3.11.